The van der Waals surface area contributed by atoms with E-state index < -0.39 is 0 Å². The van der Waals surface area contributed by atoms with Gasteiger partial charge in [-0.3, -0.25) is 4.99 Å². The van der Waals surface area contributed by atoms with E-state index in [1.807, 2.05) is 0 Å². The minimum Gasteiger partial charge on any atom is -0.397 e. The second-order valence-electron chi connectivity index (χ2n) is 2.00. The van der Waals surface area contributed by atoms with E-state index >= 15 is 0 Å². The van der Waals surface area contributed by atoms with Crippen molar-refractivity contribution in [2.75, 3.05) is 12.8 Å². The molecule has 0 saturated carbocycles. The van der Waals surface area contributed by atoms with Gasteiger partial charge in [0.25, 0.3) is 0 Å². The summed E-state index contributed by atoms with van der Waals surface area (Å²) in [6.45, 7) is 0. The molecule has 0 aromatic carbocycles. The van der Waals surface area contributed by atoms with Crippen molar-refractivity contribution in [3.05, 3.63) is 22.4 Å². The molecule has 58 valence electrons. The third kappa shape index (κ3) is 2.01. The lowest BCUT2D eigenvalue weighted by Gasteiger charge is -1.97. The summed E-state index contributed by atoms with van der Waals surface area (Å²) in [7, 11) is 1.68. The summed E-state index contributed by atoms with van der Waals surface area (Å²) in [5.74, 6) is 0. The molecule has 1 heterocycles. The maximum Gasteiger partial charge on any atom is 0.107 e. The first-order valence-corrected chi connectivity index (χ1v) is 3.87. The van der Waals surface area contributed by atoms with Crippen molar-refractivity contribution in [2.24, 2.45) is 4.99 Å². The molecular formula is C7H8BrN3. The normalized spacial score (nSPS) is 10.7. The Balaban J connectivity index is 3.12. The van der Waals surface area contributed by atoms with Gasteiger partial charge in [-0.15, -0.1) is 0 Å². The number of halogens is 1. The maximum absolute atomic E-state index is 5.60. The fourth-order valence-electron chi connectivity index (χ4n) is 0.686. The van der Waals surface area contributed by atoms with Crippen LogP contribution in [0.4, 0.5) is 5.69 Å². The van der Waals surface area contributed by atoms with Crippen molar-refractivity contribution >= 4 is 27.8 Å². The van der Waals surface area contributed by atoms with Gasteiger partial charge in [0.05, 0.1) is 5.69 Å². The Labute approximate surface area is 73.5 Å². The Morgan fingerprint density at radius 2 is 2.36 bits per heavy atom. The van der Waals surface area contributed by atoms with E-state index in [0.29, 0.717) is 11.4 Å². The van der Waals surface area contributed by atoms with Gasteiger partial charge in [0.2, 0.25) is 0 Å². The van der Waals surface area contributed by atoms with Crippen molar-refractivity contribution in [1.29, 1.82) is 0 Å². The number of anilines is 1. The highest BCUT2D eigenvalue weighted by molar-refractivity contribution is 9.10. The molecule has 0 atom stereocenters. The predicted molar refractivity (Wildman–Crippen MR) is 49.9 cm³/mol. The van der Waals surface area contributed by atoms with Gasteiger partial charge in [-0.25, -0.2) is 4.98 Å². The predicted octanol–water partition coefficient (Wildman–Crippen LogP) is 1.48. The van der Waals surface area contributed by atoms with E-state index in [0.717, 1.165) is 4.60 Å². The summed E-state index contributed by atoms with van der Waals surface area (Å²) in [6.07, 6.45) is 1.63. The van der Waals surface area contributed by atoms with E-state index in [-0.39, 0.29) is 0 Å². The van der Waals surface area contributed by atoms with Gasteiger partial charge in [0, 0.05) is 13.3 Å². The summed E-state index contributed by atoms with van der Waals surface area (Å²) >= 11 is 3.24. The van der Waals surface area contributed by atoms with Gasteiger partial charge >= 0.3 is 0 Å². The minimum atomic E-state index is 0.638. The fourth-order valence-corrected chi connectivity index (χ4v) is 1.01. The molecule has 0 bridgehead atoms. The van der Waals surface area contributed by atoms with Crippen LogP contribution in [-0.4, -0.2) is 18.2 Å². The summed E-state index contributed by atoms with van der Waals surface area (Å²) in [6, 6.07) is 3.58. The zero-order valence-electron chi connectivity index (χ0n) is 6.08. The summed E-state index contributed by atoms with van der Waals surface area (Å²) in [4.78, 5) is 7.92. The third-order valence-corrected chi connectivity index (χ3v) is 1.62. The maximum atomic E-state index is 5.60. The van der Waals surface area contributed by atoms with E-state index in [4.69, 9.17) is 5.73 Å². The smallest absolute Gasteiger partial charge is 0.107 e. The molecule has 0 radical (unpaired) electrons. The zero-order valence-corrected chi connectivity index (χ0v) is 7.67. The molecule has 1 aromatic heterocycles. The van der Waals surface area contributed by atoms with Crippen LogP contribution < -0.4 is 5.73 Å². The van der Waals surface area contributed by atoms with Crippen LogP contribution in [0.3, 0.4) is 0 Å². The highest BCUT2D eigenvalue weighted by atomic mass is 79.9. The number of rotatable bonds is 1. The molecule has 1 rings (SSSR count). The summed E-state index contributed by atoms with van der Waals surface area (Å²) in [5, 5.41) is 0. The van der Waals surface area contributed by atoms with Gasteiger partial charge in [0.1, 0.15) is 10.3 Å². The molecule has 0 aliphatic heterocycles. The number of hydrogen-bond donors (Lipinski definition) is 1. The quantitative estimate of drug-likeness (QED) is 0.568. The van der Waals surface area contributed by atoms with E-state index in [1.165, 1.54) is 0 Å². The third-order valence-electron chi connectivity index (χ3n) is 1.17. The zero-order chi connectivity index (χ0) is 8.27. The second kappa shape index (κ2) is 3.48. The molecule has 0 fully saturated rings. The number of pyridine rings is 1. The van der Waals surface area contributed by atoms with Gasteiger partial charge in [-0.2, -0.15) is 0 Å². The number of hydrogen-bond acceptors (Lipinski definition) is 3. The van der Waals surface area contributed by atoms with Gasteiger partial charge in [-0.05, 0) is 28.1 Å². The lowest BCUT2D eigenvalue weighted by molar-refractivity contribution is 1.25. The van der Waals surface area contributed by atoms with Gasteiger partial charge in [-0.1, -0.05) is 0 Å². The Hall–Kier alpha value is -0.900. The minimum absolute atomic E-state index is 0.638. The Kier molecular flexibility index (Phi) is 2.59. The molecule has 0 spiro atoms. The summed E-state index contributed by atoms with van der Waals surface area (Å²) < 4.78 is 0.765. The molecule has 0 aliphatic rings. The average molecular weight is 214 g/mol. The van der Waals surface area contributed by atoms with Crippen LogP contribution in [0.2, 0.25) is 0 Å². The van der Waals surface area contributed by atoms with Crippen LogP contribution in [0.15, 0.2) is 21.7 Å². The monoisotopic (exact) mass is 213 g/mol. The first-order chi connectivity index (χ1) is 5.24. The highest BCUT2D eigenvalue weighted by Gasteiger charge is 1.96. The molecule has 4 heteroatoms. The van der Waals surface area contributed by atoms with Crippen molar-refractivity contribution in [2.45, 2.75) is 0 Å². The van der Waals surface area contributed by atoms with Crippen LogP contribution >= 0.6 is 15.9 Å². The summed E-state index contributed by atoms with van der Waals surface area (Å²) in [5.41, 5.74) is 6.93. The number of nitrogens with zero attached hydrogens (tertiary/aromatic N) is 2. The SMILES string of the molecule is CN=Cc1nc(Br)ccc1N. The van der Waals surface area contributed by atoms with E-state index in [2.05, 4.69) is 25.9 Å². The second-order valence-corrected chi connectivity index (χ2v) is 2.81. The first kappa shape index (κ1) is 8.20. The van der Waals surface area contributed by atoms with E-state index in [9.17, 15) is 0 Å². The first-order valence-electron chi connectivity index (χ1n) is 3.08. The fraction of sp³-hybridized carbons (Fsp3) is 0.143. The molecule has 1 aromatic rings. The molecule has 3 nitrogen and oxygen atoms in total. The average Bonchev–Trinajstić information content (AvgIpc) is 1.98. The molecule has 0 unspecified atom stereocenters. The van der Waals surface area contributed by atoms with E-state index in [1.54, 1.807) is 25.4 Å². The van der Waals surface area contributed by atoms with Crippen molar-refractivity contribution in [3.8, 4) is 0 Å². The number of aromatic nitrogens is 1. The largest absolute Gasteiger partial charge is 0.397 e. The molecule has 0 aliphatic carbocycles. The van der Waals surface area contributed by atoms with Crippen LogP contribution in [0.25, 0.3) is 0 Å². The molecule has 11 heavy (non-hydrogen) atoms. The topological polar surface area (TPSA) is 51.3 Å². The number of nitrogens with two attached hydrogens (primary N) is 1. The van der Waals surface area contributed by atoms with Crippen LogP contribution in [0.1, 0.15) is 5.69 Å². The number of nitrogen functional groups attached to an aromatic ring is 1. The van der Waals surface area contributed by atoms with Gasteiger partial charge in [0.15, 0.2) is 0 Å². The van der Waals surface area contributed by atoms with Gasteiger partial charge < -0.3 is 5.73 Å². The molecular weight excluding hydrogens is 206 g/mol. The van der Waals surface area contributed by atoms with Crippen molar-refractivity contribution < 1.29 is 0 Å². The Morgan fingerprint density at radius 1 is 1.64 bits per heavy atom. The lowest BCUT2D eigenvalue weighted by Crippen LogP contribution is -1.96. The van der Waals surface area contributed by atoms with Crippen LogP contribution in [0.5, 0.6) is 0 Å². The standard InChI is InChI=1S/C7H8BrN3/c1-10-4-6-5(9)2-3-7(8)11-6/h2-4H,9H2,1H3. The Morgan fingerprint density at radius 3 is 3.00 bits per heavy atom. The van der Waals surface area contributed by atoms with Crippen molar-refractivity contribution in [3.63, 3.8) is 0 Å². The van der Waals surface area contributed by atoms with Crippen molar-refractivity contribution in [1.82, 2.24) is 4.98 Å². The Bertz CT molecular complexity index is 283. The molecule has 0 amide bonds. The van der Waals surface area contributed by atoms with Crippen LogP contribution in [0, 0.1) is 0 Å². The molecule has 0 saturated heterocycles. The molecule has 2 N–H and O–H groups in total. The number of aliphatic imine (C=N–C) groups is 1. The van der Waals surface area contributed by atoms with Crippen LogP contribution in [-0.2, 0) is 0 Å². The highest BCUT2D eigenvalue weighted by Crippen LogP contribution is 2.11. The lowest BCUT2D eigenvalue weighted by atomic mass is 10.3.